The molecule has 0 saturated heterocycles. The van der Waals surface area contributed by atoms with Crippen LogP contribution in [0.1, 0.15) is 63.9 Å². The van der Waals surface area contributed by atoms with Crippen LogP contribution in [0.25, 0.3) is 5.57 Å². The highest BCUT2D eigenvalue weighted by Crippen LogP contribution is 2.42. The minimum absolute atomic E-state index is 0.172. The summed E-state index contributed by atoms with van der Waals surface area (Å²) in [5, 5.41) is 0. The molecule has 1 aromatic carbocycles. The summed E-state index contributed by atoms with van der Waals surface area (Å²) >= 11 is 0. The number of rotatable bonds is 6. The number of hydrogen-bond acceptors (Lipinski definition) is 2. The Bertz CT molecular complexity index is 650. The van der Waals surface area contributed by atoms with E-state index in [0.29, 0.717) is 5.92 Å². The van der Waals surface area contributed by atoms with Crippen molar-refractivity contribution in [3.63, 3.8) is 0 Å². The van der Waals surface area contributed by atoms with E-state index in [2.05, 4.69) is 10.8 Å². The topological polar surface area (TPSA) is 18.5 Å². The second kappa shape index (κ2) is 10.0. The molecule has 0 aliphatic heterocycles. The fraction of sp³-hybridized carbons (Fsp3) is 0.667. The number of allylic oxidation sites excluding steroid dienone is 2. The van der Waals surface area contributed by atoms with Gasteiger partial charge in [-0.1, -0.05) is 18.2 Å². The third-order valence-electron chi connectivity index (χ3n) is 6.81. The molecule has 0 unspecified atom stereocenters. The Balaban J connectivity index is 1.47. The van der Waals surface area contributed by atoms with Crippen molar-refractivity contribution in [1.29, 1.82) is 0 Å². The normalized spacial score (nSPS) is 28.9. The fourth-order valence-electron chi connectivity index (χ4n) is 5.21. The maximum Gasteiger partial charge on any atom is 0.573 e. The van der Waals surface area contributed by atoms with Crippen molar-refractivity contribution in [1.82, 2.24) is 0 Å². The molecule has 0 heterocycles. The Kier molecular flexibility index (Phi) is 7.66. The number of halogens is 3. The summed E-state index contributed by atoms with van der Waals surface area (Å²) in [5.74, 6) is 2.90. The lowest BCUT2D eigenvalue weighted by molar-refractivity contribution is -0.274. The molecule has 3 rings (SSSR count). The maximum atomic E-state index is 12.3. The molecular formula is C24H33F3O2. The van der Waals surface area contributed by atoms with Crippen LogP contribution in [-0.2, 0) is 4.74 Å². The first-order valence-corrected chi connectivity index (χ1v) is 10.9. The molecule has 162 valence electrons. The summed E-state index contributed by atoms with van der Waals surface area (Å²) in [5.41, 5.74) is 2.09. The van der Waals surface area contributed by atoms with Crippen LogP contribution in [-0.4, -0.2) is 20.1 Å². The van der Waals surface area contributed by atoms with Crippen molar-refractivity contribution in [2.24, 2.45) is 23.7 Å². The molecule has 0 amide bonds. The molecule has 0 spiro atoms. The van der Waals surface area contributed by atoms with Gasteiger partial charge < -0.3 is 9.47 Å². The van der Waals surface area contributed by atoms with Crippen molar-refractivity contribution in [2.75, 3.05) is 13.7 Å². The van der Waals surface area contributed by atoms with Gasteiger partial charge in [-0.15, -0.1) is 13.2 Å². The van der Waals surface area contributed by atoms with Crippen molar-refractivity contribution >= 4 is 5.57 Å². The lowest BCUT2D eigenvalue weighted by Gasteiger charge is -2.37. The van der Waals surface area contributed by atoms with Crippen molar-refractivity contribution < 1.29 is 22.6 Å². The largest absolute Gasteiger partial charge is 0.573 e. The van der Waals surface area contributed by atoms with E-state index in [1.807, 2.05) is 6.92 Å². The Morgan fingerprint density at radius 2 is 1.48 bits per heavy atom. The van der Waals surface area contributed by atoms with Crippen LogP contribution in [0.15, 0.2) is 30.3 Å². The van der Waals surface area contributed by atoms with Gasteiger partial charge in [0.15, 0.2) is 0 Å². The van der Waals surface area contributed by atoms with Gasteiger partial charge >= 0.3 is 6.36 Å². The van der Waals surface area contributed by atoms with E-state index in [1.54, 1.807) is 19.2 Å². The minimum atomic E-state index is -4.64. The van der Waals surface area contributed by atoms with E-state index in [-0.39, 0.29) is 5.75 Å². The van der Waals surface area contributed by atoms with Gasteiger partial charge in [-0.2, -0.15) is 0 Å². The van der Waals surface area contributed by atoms with Gasteiger partial charge in [0.25, 0.3) is 0 Å². The lowest BCUT2D eigenvalue weighted by Crippen LogP contribution is -2.26. The summed E-state index contributed by atoms with van der Waals surface area (Å²) in [7, 11) is 1.80. The van der Waals surface area contributed by atoms with Gasteiger partial charge in [0.2, 0.25) is 0 Å². The molecule has 0 N–H and O–H groups in total. The SMILES string of the molecule is COCC1CCC(C2CCC(C=C(C)c3ccc(OC(F)(F)F)cc3)CC2)CC1. The molecule has 0 radical (unpaired) electrons. The fourth-order valence-corrected chi connectivity index (χ4v) is 5.21. The van der Waals surface area contributed by atoms with Gasteiger partial charge in [-0.25, -0.2) is 0 Å². The second-order valence-corrected chi connectivity index (χ2v) is 8.83. The Hall–Kier alpha value is -1.49. The van der Waals surface area contributed by atoms with Crippen LogP contribution >= 0.6 is 0 Å². The van der Waals surface area contributed by atoms with Crippen molar-refractivity contribution in [3.8, 4) is 5.75 Å². The number of ether oxygens (including phenoxy) is 2. The summed E-state index contributed by atoms with van der Waals surface area (Å²) in [6, 6.07) is 6.18. The van der Waals surface area contributed by atoms with Crippen LogP contribution in [0.5, 0.6) is 5.75 Å². The first-order valence-electron chi connectivity index (χ1n) is 10.9. The summed E-state index contributed by atoms with van der Waals surface area (Å²) in [6.07, 6.45) is 8.02. The van der Waals surface area contributed by atoms with E-state index in [4.69, 9.17) is 4.74 Å². The van der Waals surface area contributed by atoms with Crippen LogP contribution in [0.3, 0.4) is 0 Å². The smallest absolute Gasteiger partial charge is 0.406 e. The highest BCUT2D eigenvalue weighted by atomic mass is 19.4. The summed E-state index contributed by atoms with van der Waals surface area (Å²) in [6.45, 7) is 2.95. The maximum absolute atomic E-state index is 12.3. The highest BCUT2D eigenvalue weighted by Gasteiger charge is 2.31. The third-order valence-corrected chi connectivity index (χ3v) is 6.81. The summed E-state index contributed by atoms with van der Waals surface area (Å²) < 4.78 is 46.1. The van der Waals surface area contributed by atoms with E-state index in [1.165, 1.54) is 63.5 Å². The van der Waals surface area contributed by atoms with Crippen LogP contribution in [0, 0.1) is 23.7 Å². The standard InChI is InChI=1S/C24H33F3O2/c1-17(20-11-13-23(14-12-20)29-24(25,26)27)15-18-3-7-21(8-4-18)22-9-5-19(6-10-22)16-28-2/h11-15,18-19,21-22H,3-10,16H2,1-2H3. The van der Waals surface area contributed by atoms with E-state index >= 15 is 0 Å². The lowest BCUT2D eigenvalue weighted by atomic mass is 9.69. The molecule has 2 saturated carbocycles. The average Bonchev–Trinajstić information content (AvgIpc) is 2.69. The van der Waals surface area contributed by atoms with Crippen molar-refractivity contribution in [2.45, 2.75) is 64.7 Å². The van der Waals surface area contributed by atoms with Gasteiger partial charge in [0.1, 0.15) is 5.75 Å². The minimum Gasteiger partial charge on any atom is -0.406 e. The number of alkyl halides is 3. The molecule has 5 heteroatoms. The molecule has 2 fully saturated rings. The molecule has 0 aromatic heterocycles. The van der Waals surface area contributed by atoms with E-state index in [0.717, 1.165) is 35.5 Å². The van der Waals surface area contributed by atoms with Gasteiger partial charge in [-0.05, 0) is 105 Å². The number of methoxy groups -OCH3 is 1. The monoisotopic (exact) mass is 410 g/mol. The molecule has 2 nitrogen and oxygen atoms in total. The Morgan fingerprint density at radius 3 is 2.00 bits per heavy atom. The molecule has 29 heavy (non-hydrogen) atoms. The van der Waals surface area contributed by atoms with Crippen LogP contribution < -0.4 is 4.74 Å². The van der Waals surface area contributed by atoms with Gasteiger partial charge in [-0.3, -0.25) is 0 Å². The zero-order valence-corrected chi connectivity index (χ0v) is 17.5. The second-order valence-electron chi connectivity index (χ2n) is 8.83. The third kappa shape index (κ3) is 6.77. The molecule has 2 aliphatic rings. The average molecular weight is 411 g/mol. The highest BCUT2D eigenvalue weighted by molar-refractivity contribution is 5.64. The number of hydrogen-bond donors (Lipinski definition) is 0. The van der Waals surface area contributed by atoms with Crippen LogP contribution in [0.4, 0.5) is 13.2 Å². The zero-order chi connectivity index (χ0) is 20.9. The molecular weight excluding hydrogens is 377 g/mol. The van der Waals surface area contributed by atoms with E-state index < -0.39 is 6.36 Å². The molecule has 0 bridgehead atoms. The molecule has 1 aromatic rings. The number of benzene rings is 1. The predicted molar refractivity (Wildman–Crippen MR) is 110 cm³/mol. The summed E-state index contributed by atoms with van der Waals surface area (Å²) in [4.78, 5) is 0. The zero-order valence-electron chi connectivity index (χ0n) is 17.5. The molecule has 2 aliphatic carbocycles. The Labute approximate surface area is 172 Å². The van der Waals surface area contributed by atoms with E-state index in [9.17, 15) is 13.2 Å². The predicted octanol–water partition coefficient (Wildman–Crippen LogP) is 7.25. The van der Waals surface area contributed by atoms with Crippen LogP contribution in [0.2, 0.25) is 0 Å². The Morgan fingerprint density at radius 1 is 0.931 bits per heavy atom. The first-order chi connectivity index (χ1) is 13.8. The molecule has 0 atom stereocenters. The van der Waals surface area contributed by atoms with Crippen molar-refractivity contribution in [3.05, 3.63) is 35.9 Å². The van der Waals surface area contributed by atoms with Gasteiger partial charge in [0.05, 0.1) is 0 Å². The quantitative estimate of drug-likeness (QED) is 0.492. The first kappa shape index (κ1) is 22.2. The van der Waals surface area contributed by atoms with Gasteiger partial charge in [0, 0.05) is 13.7 Å².